The number of aromatic nitrogens is 3. The molecule has 33 heavy (non-hydrogen) atoms. The fraction of sp³-hybridized carbons (Fsp3) is 0.400. The van der Waals surface area contributed by atoms with E-state index < -0.39 is 0 Å². The van der Waals surface area contributed by atoms with E-state index in [2.05, 4.69) is 56.8 Å². The highest BCUT2D eigenvalue weighted by molar-refractivity contribution is 5.79. The highest BCUT2D eigenvalue weighted by Gasteiger charge is 2.17. The lowest BCUT2D eigenvalue weighted by molar-refractivity contribution is 0.166. The van der Waals surface area contributed by atoms with Gasteiger partial charge in [-0.2, -0.15) is 0 Å². The van der Waals surface area contributed by atoms with Crippen LogP contribution in [0.4, 0.5) is 0 Å². The molecule has 0 spiro atoms. The second-order valence-electron chi connectivity index (χ2n) is 8.30. The molecular weight excluding hydrogens is 416 g/mol. The van der Waals surface area contributed by atoms with Crippen molar-refractivity contribution in [3.05, 3.63) is 71.4 Å². The Morgan fingerprint density at radius 3 is 2.76 bits per heavy atom. The van der Waals surface area contributed by atoms with E-state index in [1.54, 1.807) is 13.2 Å². The monoisotopic (exact) mass is 448 g/mol. The predicted octanol–water partition coefficient (Wildman–Crippen LogP) is 3.16. The maximum Gasteiger partial charge on any atom is 0.191 e. The number of rotatable bonds is 8. The molecule has 4 rings (SSSR count). The first-order chi connectivity index (χ1) is 16.1. The Hall–Kier alpha value is -3.39. The Morgan fingerprint density at radius 2 is 2.06 bits per heavy atom. The Morgan fingerprint density at radius 1 is 1.18 bits per heavy atom. The van der Waals surface area contributed by atoms with Crippen LogP contribution in [0, 0.1) is 19.8 Å². The summed E-state index contributed by atoms with van der Waals surface area (Å²) in [6.45, 7) is 7.58. The zero-order valence-corrected chi connectivity index (χ0v) is 19.5. The van der Waals surface area contributed by atoms with Gasteiger partial charge in [-0.1, -0.05) is 18.2 Å². The van der Waals surface area contributed by atoms with Crippen molar-refractivity contribution >= 4 is 5.96 Å². The van der Waals surface area contributed by atoms with Crippen molar-refractivity contribution in [2.24, 2.45) is 10.9 Å². The Kier molecular flexibility index (Phi) is 7.57. The van der Waals surface area contributed by atoms with Crippen LogP contribution in [0.2, 0.25) is 0 Å². The van der Waals surface area contributed by atoms with Crippen LogP contribution in [0.15, 0.2) is 53.9 Å². The number of nitrogens with zero attached hydrogens (tertiary/aromatic N) is 4. The van der Waals surface area contributed by atoms with E-state index in [9.17, 15) is 0 Å². The molecule has 0 aliphatic carbocycles. The van der Waals surface area contributed by atoms with Crippen LogP contribution in [-0.2, 0) is 17.8 Å². The number of nitrogens with one attached hydrogen (secondary N) is 2. The van der Waals surface area contributed by atoms with Crippen molar-refractivity contribution in [1.82, 2.24) is 25.2 Å². The van der Waals surface area contributed by atoms with E-state index in [1.807, 2.05) is 30.0 Å². The molecule has 1 saturated heterocycles. The molecule has 8 nitrogen and oxygen atoms in total. The first kappa shape index (κ1) is 22.8. The van der Waals surface area contributed by atoms with Crippen LogP contribution in [-0.4, -0.2) is 47.4 Å². The summed E-state index contributed by atoms with van der Waals surface area (Å²) in [5.41, 5.74) is 3.35. The summed E-state index contributed by atoms with van der Waals surface area (Å²) in [6.07, 6.45) is 6.61. The van der Waals surface area contributed by atoms with Crippen LogP contribution in [0.3, 0.4) is 0 Å². The number of aliphatic imine (C=N–C) groups is 1. The molecule has 1 atom stereocenters. The summed E-state index contributed by atoms with van der Waals surface area (Å²) in [7, 11) is 1.77. The Bertz CT molecular complexity index is 1070. The van der Waals surface area contributed by atoms with Gasteiger partial charge in [-0.3, -0.25) is 9.56 Å². The smallest absolute Gasteiger partial charge is 0.191 e. The second kappa shape index (κ2) is 11.0. The van der Waals surface area contributed by atoms with Gasteiger partial charge in [0, 0.05) is 56.8 Å². The maximum absolute atomic E-state index is 6.15. The van der Waals surface area contributed by atoms with Crippen molar-refractivity contribution in [2.75, 3.05) is 26.9 Å². The quantitative estimate of drug-likeness (QED) is 0.407. The molecule has 1 aliphatic rings. The zero-order valence-electron chi connectivity index (χ0n) is 19.5. The van der Waals surface area contributed by atoms with Gasteiger partial charge in [-0.05, 0) is 43.5 Å². The van der Waals surface area contributed by atoms with Gasteiger partial charge in [0.15, 0.2) is 5.96 Å². The molecule has 2 aromatic heterocycles. The molecule has 1 fully saturated rings. The lowest BCUT2D eigenvalue weighted by atomic mass is 10.1. The van der Waals surface area contributed by atoms with E-state index in [0.29, 0.717) is 25.6 Å². The molecule has 1 aliphatic heterocycles. The molecular formula is C25H32N6O2. The summed E-state index contributed by atoms with van der Waals surface area (Å²) in [6, 6.07) is 10.4. The van der Waals surface area contributed by atoms with E-state index >= 15 is 0 Å². The molecule has 3 heterocycles. The largest absolute Gasteiger partial charge is 0.493 e. The molecule has 0 amide bonds. The standard InChI is InChI=1S/C25H32N6O2/c1-18-4-6-22(23(12-18)33-17-21-8-11-32-16-21)15-30-25(26-3)29-14-20-5-7-24(28-13-20)31-10-9-27-19(31)2/h4-7,9-10,12-13,21H,8,11,14-17H2,1-3H3,(H2,26,29,30). The molecule has 8 heteroatoms. The number of guanidine groups is 1. The van der Waals surface area contributed by atoms with Crippen molar-refractivity contribution < 1.29 is 9.47 Å². The van der Waals surface area contributed by atoms with E-state index in [0.717, 1.165) is 54.1 Å². The number of aryl methyl sites for hydroxylation is 2. The maximum atomic E-state index is 6.15. The fourth-order valence-corrected chi connectivity index (χ4v) is 3.73. The number of pyridine rings is 1. The van der Waals surface area contributed by atoms with Crippen LogP contribution in [0.25, 0.3) is 5.82 Å². The number of hydrogen-bond donors (Lipinski definition) is 2. The van der Waals surface area contributed by atoms with Gasteiger partial charge in [0.05, 0.1) is 13.2 Å². The Balaban J connectivity index is 1.31. The summed E-state index contributed by atoms with van der Waals surface area (Å²) < 4.78 is 13.6. The molecule has 3 aromatic rings. The molecule has 0 saturated carbocycles. The average Bonchev–Trinajstić information content (AvgIpc) is 3.51. The topological polar surface area (TPSA) is 85.6 Å². The SMILES string of the molecule is CN=C(NCc1ccc(-n2ccnc2C)nc1)NCc1ccc(C)cc1OCC1CCOC1. The van der Waals surface area contributed by atoms with E-state index in [1.165, 1.54) is 5.56 Å². The van der Waals surface area contributed by atoms with Gasteiger partial charge >= 0.3 is 0 Å². The number of hydrogen-bond acceptors (Lipinski definition) is 5. The molecule has 2 N–H and O–H groups in total. The Labute approximate surface area is 195 Å². The minimum absolute atomic E-state index is 0.471. The fourth-order valence-electron chi connectivity index (χ4n) is 3.73. The lowest BCUT2D eigenvalue weighted by Crippen LogP contribution is -2.36. The highest BCUT2D eigenvalue weighted by atomic mass is 16.5. The average molecular weight is 449 g/mol. The van der Waals surface area contributed by atoms with Crippen molar-refractivity contribution in [3.63, 3.8) is 0 Å². The minimum atomic E-state index is 0.471. The van der Waals surface area contributed by atoms with Gasteiger partial charge in [-0.25, -0.2) is 9.97 Å². The van der Waals surface area contributed by atoms with E-state index in [-0.39, 0.29) is 0 Å². The number of benzene rings is 1. The number of ether oxygens (including phenoxy) is 2. The summed E-state index contributed by atoms with van der Waals surface area (Å²) >= 11 is 0. The van der Waals surface area contributed by atoms with Gasteiger partial charge in [0.1, 0.15) is 17.4 Å². The van der Waals surface area contributed by atoms with Gasteiger partial charge in [0.2, 0.25) is 0 Å². The molecule has 1 aromatic carbocycles. The van der Waals surface area contributed by atoms with Crippen molar-refractivity contribution in [3.8, 4) is 11.6 Å². The normalized spacial score (nSPS) is 16.1. The van der Waals surface area contributed by atoms with Crippen molar-refractivity contribution in [2.45, 2.75) is 33.4 Å². The summed E-state index contributed by atoms with van der Waals surface area (Å²) in [5.74, 6) is 3.87. The van der Waals surface area contributed by atoms with Gasteiger partial charge < -0.3 is 20.1 Å². The number of imidazole rings is 1. The summed E-state index contributed by atoms with van der Waals surface area (Å²) in [4.78, 5) is 13.1. The third kappa shape index (κ3) is 6.10. The zero-order chi connectivity index (χ0) is 23.0. The lowest BCUT2D eigenvalue weighted by Gasteiger charge is -2.17. The van der Waals surface area contributed by atoms with Gasteiger partial charge in [-0.15, -0.1) is 0 Å². The molecule has 0 bridgehead atoms. The van der Waals surface area contributed by atoms with Crippen LogP contribution in [0.1, 0.15) is 28.9 Å². The minimum Gasteiger partial charge on any atom is -0.493 e. The van der Waals surface area contributed by atoms with Crippen LogP contribution in [0.5, 0.6) is 5.75 Å². The molecule has 174 valence electrons. The van der Waals surface area contributed by atoms with Gasteiger partial charge in [0.25, 0.3) is 0 Å². The van der Waals surface area contributed by atoms with Crippen LogP contribution < -0.4 is 15.4 Å². The first-order valence-corrected chi connectivity index (χ1v) is 11.3. The highest BCUT2D eigenvalue weighted by Crippen LogP contribution is 2.22. The molecule has 0 radical (unpaired) electrons. The van der Waals surface area contributed by atoms with Crippen molar-refractivity contribution in [1.29, 1.82) is 0 Å². The third-order valence-electron chi connectivity index (χ3n) is 5.73. The second-order valence-corrected chi connectivity index (χ2v) is 8.30. The molecule has 1 unspecified atom stereocenters. The predicted molar refractivity (Wildman–Crippen MR) is 129 cm³/mol. The van der Waals surface area contributed by atoms with E-state index in [4.69, 9.17) is 9.47 Å². The summed E-state index contributed by atoms with van der Waals surface area (Å²) in [5, 5.41) is 6.74. The third-order valence-corrected chi connectivity index (χ3v) is 5.73. The first-order valence-electron chi connectivity index (χ1n) is 11.3. The van der Waals surface area contributed by atoms with Crippen LogP contribution >= 0.6 is 0 Å².